The largest absolute Gasteiger partial charge is 0.352 e. The number of hydrogen-bond acceptors (Lipinski definition) is 2. The quantitative estimate of drug-likeness (QED) is 0.445. The van der Waals surface area contributed by atoms with E-state index in [9.17, 15) is 9.59 Å². The van der Waals surface area contributed by atoms with Crippen LogP contribution in [0.2, 0.25) is 20.1 Å². The monoisotopic (exact) mass is 514 g/mol. The summed E-state index contributed by atoms with van der Waals surface area (Å²) in [6.07, 6.45) is 5.26. The minimum atomic E-state index is -0.724. The Morgan fingerprint density at radius 1 is 0.906 bits per heavy atom. The van der Waals surface area contributed by atoms with Gasteiger partial charge in [-0.15, -0.1) is 0 Å². The van der Waals surface area contributed by atoms with Gasteiger partial charge < -0.3 is 10.2 Å². The number of halogens is 4. The summed E-state index contributed by atoms with van der Waals surface area (Å²) in [6, 6.07) is 9.67. The second-order valence-electron chi connectivity index (χ2n) is 8.12. The summed E-state index contributed by atoms with van der Waals surface area (Å²) >= 11 is 25.3. The highest BCUT2D eigenvalue weighted by Crippen LogP contribution is 2.29. The number of benzene rings is 2. The first-order chi connectivity index (χ1) is 15.3. The molecule has 0 bridgehead atoms. The van der Waals surface area contributed by atoms with Gasteiger partial charge in [0.25, 0.3) is 0 Å². The van der Waals surface area contributed by atoms with Crippen LogP contribution in [0.25, 0.3) is 0 Å². The van der Waals surface area contributed by atoms with Crippen molar-refractivity contribution in [3.05, 3.63) is 67.6 Å². The summed E-state index contributed by atoms with van der Waals surface area (Å²) in [6.45, 7) is 1.81. The van der Waals surface area contributed by atoms with Gasteiger partial charge in [-0.25, -0.2) is 0 Å². The van der Waals surface area contributed by atoms with Crippen molar-refractivity contribution in [2.45, 2.75) is 64.1 Å². The van der Waals surface area contributed by atoms with E-state index in [1.165, 1.54) is 11.3 Å². The number of nitrogens with one attached hydrogen (secondary N) is 1. The van der Waals surface area contributed by atoms with E-state index in [0.29, 0.717) is 31.2 Å². The minimum Gasteiger partial charge on any atom is -0.352 e. The average molecular weight is 516 g/mol. The Morgan fingerprint density at radius 2 is 1.41 bits per heavy atom. The number of carbonyl (C=O) groups is 2. The van der Waals surface area contributed by atoms with Crippen molar-refractivity contribution in [3.63, 3.8) is 0 Å². The van der Waals surface area contributed by atoms with Crippen LogP contribution in [0.5, 0.6) is 0 Å². The third kappa shape index (κ3) is 6.32. The molecule has 2 aromatic rings. The summed E-state index contributed by atoms with van der Waals surface area (Å²) < 4.78 is 0. The molecule has 0 heterocycles. The third-order valence-electron chi connectivity index (χ3n) is 5.90. The van der Waals surface area contributed by atoms with Crippen LogP contribution in [-0.2, 0) is 22.6 Å². The van der Waals surface area contributed by atoms with Gasteiger partial charge in [0.2, 0.25) is 11.8 Å². The maximum Gasteiger partial charge on any atom is 0.242 e. The van der Waals surface area contributed by atoms with E-state index in [1.54, 1.807) is 43.3 Å². The molecular weight excluding hydrogens is 490 g/mol. The number of carbonyl (C=O) groups excluding carboxylic acids is 2. The summed E-state index contributed by atoms with van der Waals surface area (Å²) in [5.41, 5.74) is 1.11. The van der Waals surface area contributed by atoms with E-state index in [0.717, 1.165) is 25.7 Å². The molecule has 0 radical (unpaired) electrons. The normalized spacial score (nSPS) is 15.3. The zero-order chi connectivity index (χ0) is 23.3. The van der Waals surface area contributed by atoms with E-state index >= 15 is 0 Å². The molecule has 1 unspecified atom stereocenters. The Kier molecular flexibility index (Phi) is 9.13. The van der Waals surface area contributed by atoms with Crippen molar-refractivity contribution in [1.29, 1.82) is 0 Å². The van der Waals surface area contributed by atoms with Crippen LogP contribution in [-0.4, -0.2) is 28.8 Å². The molecule has 2 aromatic carbocycles. The molecule has 1 atom stereocenters. The molecule has 0 saturated heterocycles. The summed E-state index contributed by atoms with van der Waals surface area (Å²) in [7, 11) is 0. The maximum atomic E-state index is 13.4. The first kappa shape index (κ1) is 25.2. The molecule has 1 saturated carbocycles. The van der Waals surface area contributed by atoms with Gasteiger partial charge in [0, 0.05) is 38.2 Å². The van der Waals surface area contributed by atoms with Crippen LogP contribution >= 0.6 is 46.4 Å². The first-order valence-corrected chi connectivity index (χ1v) is 12.2. The lowest BCUT2D eigenvalue weighted by atomic mass is 9.95. The zero-order valence-corrected chi connectivity index (χ0v) is 20.9. The lowest BCUT2D eigenvalue weighted by molar-refractivity contribution is -0.140. The molecule has 172 valence electrons. The SMILES string of the molecule is CC(C(=O)NC1CCCCC1)N(Cc1c(Cl)cccc1Cl)C(=O)Cc1c(Cl)cccc1Cl. The predicted molar refractivity (Wildman–Crippen MR) is 132 cm³/mol. The van der Waals surface area contributed by atoms with Gasteiger partial charge in [0.1, 0.15) is 6.04 Å². The van der Waals surface area contributed by atoms with Crippen molar-refractivity contribution in [2.75, 3.05) is 0 Å². The highest BCUT2D eigenvalue weighted by atomic mass is 35.5. The molecule has 1 fully saturated rings. The van der Waals surface area contributed by atoms with Gasteiger partial charge in [0.05, 0.1) is 6.42 Å². The smallest absolute Gasteiger partial charge is 0.242 e. The number of amides is 2. The molecule has 2 amide bonds. The summed E-state index contributed by atoms with van der Waals surface area (Å²) in [4.78, 5) is 28.0. The molecule has 4 nitrogen and oxygen atoms in total. The Balaban J connectivity index is 1.86. The Morgan fingerprint density at radius 3 is 1.94 bits per heavy atom. The zero-order valence-electron chi connectivity index (χ0n) is 17.8. The molecule has 32 heavy (non-hydrogen) atoms. The van der Waals surface area contributed by atoms with Crippen molar-refractivity contribution in [2.24, 2.45) is 0 Å². The molecule has 0 aliphatic heterocycles. The molecule has 8 heteroatoms. The van der Waals surface area contributed by atoms with Gasteiger partial charge in [-0.3, -0.25) is 9.59 Å². The van der Waals surface area contributed by atoms with E-state index in [1.807, 2.05) is 0 Å². The Bertz CT molecular complexity index is 936. The van der Waals surface area contributed by atoms with Crippen LogP contribution in [0.4, 0.5) is 0 Å². The maximum absolute atomic E-state index is 13.4. The van der Waals surface area contributed by atoms with Crippen LogP contribution in [0.1, 0.15) is 50.2 Å². The van der Waals surface area contributed by atoms with E-state index in [-0.39, 0.29) is 30.8 Å². The minimum absolute atomic E-state index is 0.0401. The van der Waals surface area contributed by atoms with E-state index in [2.05, 4.69) is 5.32 Å². The van der Waals surface area contributed by atoms with Crippen LogP contribution in [0.3, 0.4) is 0 Å². The van der Waals surface area contributed by atoms with Crippen molar-refractivity contribution in [3.8, 4) is 0 Å². The van der Waals surface area contributed by atoms with Crippen LogP contribution in [0.15, 0.2) is 36.4 Å². The number of rotatable bonds is 7. The first-order valence-electron chi connectivity index (χ1n) is 10.7. The van der Waals surface area contributed by atoms with Crippen LogP contribution < -0.4 is 5.32 Å². The van der Waals surface area contributed by atoms with Gasteiger partial charge in [-0.1, -0.05) is 77.8 Å². The Labute approximate surface area is 209 Å². The molecule has 0 aromatic heterocycles. The highest BCUT2D eigenvalue weighted by Gasteiger charge is 2.29. The molecule has 1 aliphatic carbocycles. The second kappa shape index (κ2) is 11.6. The van der Waals surface area contributed by atoms with Crippen molar-refractivity contribution >= 4 is 58.2 Å². The molecule has 0 spiro atoms. The van der Waals surface area contributed by atoms with Gasteiger partial charge in [-0.2, -0.15) is 0 Å². The van der Waals surface area contributed by atoms with Gasteiger partial charge in [0.15, 0.2) is 0 Å². The third-order valence-corrected chi connectivity index (χ3v) is 7.32. The van der Waals surface area contributed by atoms with Crippen molar-refractivity contribution in [1.82, 2.24) is 10.2 Å². The topological polar surface area (TPSA) is 49.4 Å². The molecule has 1 aliphatic rings. The van der Waals surface area contributed by atoms with Crippen molar-refractivity contribution < 1.29 is 9.59 Å². The van der Waals surface area contributed by atoms with Gasteiger partial charge >= 0.3 is 0 Å². The summed E-state index contributed by atoms with van der Waals surface area (Å²) in [5, 5.41) is 4.78. The molecule has 1 N–H and O–H groups in total. The summed E-state index contributed by atoms with van der Waals surface area (Å²) in [5.74, 6) is -0.485. The highest BCUT2D eigenvalue weighted by molar-refractivity contribution is 6.36. The van der Waals surface area contributed by atoms with Gasteiger partial charge in [-0.05, 0) is 49.6 Å². The van der Waals surface area contributed by atoms with E-state index < -0.39 is 6.04 Å². The number of hydrogen-bond donors (Lipinski definition) is 1. The Hall–Kier alpha value is -1.46. The fourth-order valence-corrected chi connectivity index (χ4v) is 5.01. The van der Waals surface area contributed by atoms with Crippen LogP contribution in [0, 0.1) is 0 Å². The lowest BCUT2D eigenvalue weighted by Gasteiger charge is -2.32. The predicted octanol–water partition coefficient (Wildman–Crippen LogP) is 6.71. The standard InChI is InChI=1S/C24H26Cl4N2O2/c1-15(24(32)29-16-7-3-2-4-8-16)30(14-18-21(27)11-6-12-22(18)28)23(31)13-17-19(25)9-5-10-20(17)26/h5-6,9-12,15-16H,2-4,7-8,13-14H2,1H3,(H,29,32). The molecular formula is C24H26Cl4N2O2. The number of nitrogens with zero attached hydrogens (tertiary/aromatic N) is 1. The fraction of sp³-hybridized carbons (Fsp3) is 0.417. The molecule has 3 rings (SSSR count). The average Bonchev–Trinajstić information content (AvgIpc) is 2.76. The van der Waals surface area contributed by atoms with E-state index in [4.69, 9.17) is 46.4 Å². The lowest BCUT2D eigenvalue weighted by Crippen LogP contribution is -2.50. The fourth-order valence-electron chi connectivity index (χ4n) is 3.96. The second-order valence-corrected chi connectivity index (χ2v) is 9.75.